The van der Waals surface area contributed by atoms with Crippen LogP contribution in [0.4, 0.5) is 0 Å². The number of carboxylic acids is 1. The zero-order valence-electron chi connectivity index (χ0n) is 11.2. The molecular formula is C15H16N2O2S. The van der Waals surface area contributed by atoms with Crippen molar-refractivity contribution in [1.29, 1.82) is 0 Å². The summed E-state index contributed by atoms with van der Waals surface area (Å²) in [6, 6.07) is 5.94. The number of hydrogen-bond acceptors (Lipinski definition) is 4. The summed E-state index contributed by atoms with van der Waals surface area (Å²) < 4.78 is 0. The van der Waals surface area contributed by atoms with Crippen molar-refractivity contribution in [3.05, 3.63) is 58.1 Å². The molecule has 2 rings (SSSR count). The molecule has 0 fully saturated rings. The smallest absolute Gasteiger partial charge is 0.328 e. The summed E-state index contributed by atoms with van der Waals surface area (Å²) in [5.74, 6) is -0.924. The van der Waals surface area contributed by atoms with E-state index in [9.17, 15) is 4.79 Å². The van der Waals surface area contributed by atoms with Crippen LogP contribution in [-0.4, -0.2) is 28.0 Å². The number of carboxylic acid groups (broad SMARTS) is 1. The van der Waals surface area contributed by atoms with Gasteiger partial charge in [0.25, 0.3) is 0 Å². The van der Waals surface area contributed by atoms with Crippen LogP contribution >= 0.6 is 11.3 Å². The number of nitrogens with zero attached hydrogens (tertiary/aromatic N) is 2. The Bertz CT molecular complexity index is 593. The molecule has 4 nitrogen and oxygen atoms in total. The number of aliphatic carboxylic acids is 1. The standard InChI is InChI=1S/C15H16N2O2S/c1-17(10-12-4-7-16-8-5-12)11-14-13(6-9-20-14)2-3-15(18)19/h2-9H,10-11H2,1H3,(H,18,19). The molecule has 0 aromatic carbocycles. The van der Waals surface area contributed by atoms with Gasteiger partial charge in [-0.05, 0) is 47.8 Å². The summed E-state index contributed by atoms with van der Waals surface area (Å²) in [6.07, 6.45) is 6.40. The summed E-state index contributed by atoms with van der Waals surface area (Å²) in [6.45, 7) is 1.63. The zero-order valence-corrected chi connectivity index (χ0v) is 12.0. The molecule has 0 unspecified atom stereocenters. The van der Waals surface area contributed by atoms with Crippen molar-refractivity contribution in [2.75, 3.05) is 7.05 Å². The van der Waals surface area contributed by atoms with E-state index in [1.807, 2.05) is 30.6 Å². The van der Waals surface area contributed by atoms with Gasteiger partial charge in [0.05, 0.1) is 0 Å². The van der Waals surface area contributed by atoms with E-state index in [0.29, 0.717) is 0 Å². The van der Waals surface area contributed by atoms with Crippen molar-refractivity contribution in [2.45, 2.75) is 13.1 Å². The minimum Gasteiger partial charge on any atom is -0.478 e. The topological polar surface area (TPSA) is 53.4 Å². The van der Waals surface area contributed by atoms with E-state index >= 15 is 0 Å². The van der Waals surface area contributed by atoms with E-state index in [1.165, 1.54) is 16.5 Å². The van der Waals surface area contributed by atoms with Gasteiger partial charge in [-0.25, -0.2) is 4.79 Å². The monoisotopic (exact) mass is 288 g/mol. The Balaban J connectivity index is 1.99. The second-order valence-corrected chi connectivity index (χ2v) is 5.50. The van der Waals surface area contributed by atoms with Crippen LogP contribution in [0.2, 0.25) is 0 Å². The Morgan fingerprint density at radius 2 is 2.10 bits per heavy atom. The molecule has 0 bridgehead atoms. The molecule has 5 heteroatoms. The van der Waals surface area contributed by atoms with Gasteiger partial charge in [-0.1, -0.05) is 0 Å². The van der Waals surface area contributed by atoms with Gasteiger partial charge in [-0.2, -0.15) is 0 Å². The van der Waals surface area contributed by atoms with Crippen molar-refractivity contribution in [1.82, 2.24) is 9.88 Å². The quantitative estimate of drug-likeness (QED) is 0.830. The van der Waals surface area contributed by atoms with Crippen LogP contribution < -0.4 is 0 Å². The maximum absolute atomic E-state index is 10.6. The van der Waals surface area contributed by atoms with Crippen molar-refractivity contribution < 1.29 is 9.90 Å². The van der Waals surface area contributed by atoms with Crippen molar-refractivity contribution in [3.63, 3.8) is 0 Å². The number of rotatable bonds is 6. The lowest BCUT2D eigenvalue weighted by Gasteiger charge is -2.16. The molecule has 0 aliphatic heterocycles. The van der Waals surface area contributed by atoms with E-state index in [2.05, 4.69) is 9.88 Å². The molecule has 20 heavy (non-hydrogen) atoms. The van der Waals surface area contributed by atoms with E-state index in [4.69, 9.17) is 5.11 Å². The first kappa shape index (κ1) is 14.4. The van der Waals surface area contributed by atoms with Gasteiger partial charge in [-0.15, -0.1) is 11.3 Å². The first-order chi connectivity index (χ1) is 9.65. The Morgan fingerprint density at radius 3 is 2.80 bits per heavy atom. The summed E-state index contributed by atoms with van der Waals surface area (Å²) >= 11 is 1.64. The fourth-order valence-corrected chi connectivity index (χ4v) is 2.84. The molecule has 0 radical (unpaired) electrons. The van der Waals surface area contributed by atoms with E-state index in [-0.39, 0.29) is 0 Å². The van der Waals surface area contributed by atoms with E-state index < -0.39 is 5.97 Å². The van der Waals surface area contributed by atoms with Gasteiger partial charge in [0, 0.05) is 36.4 Å². The fourth-order valence-electron chi connectivity index (χ4n) is 1.89. The van der Waals surface area contributed by atoms with Gasteiger partial charge in [0.15, 0.2) is 0 Å². The molecule has 1 N–H and O–H groups in total. The highest BCUT2D eigenvalue weighted by atomic mass is 32.1. The summed E-state index contributed by atoms with van der Waals surface area (Å²) in [5, 5.41) is 10.7. The number of carbonyl (C=O) groups is 1. The highest BCUT2D eigenvalue weighted by Crippen LogP contribution is 2.20. The van der Waals surface area contributed by atoms with Crippen LogP contribution in [0.15, 0.2) is 42.0 Å². The molecule has 0 atom stereocenters. The average Bonchev–Trinajstić information content (AvgIpc) is 2.84. The Hall–Kier alpha value is -1.98. The maximum Gasteiger partial charge on any atom is 0.328 e. The SMILES string of the molecule is CN(Cc1ccncc1)Cc1sccc1C=CC(=O)O. The maximum atomic E-state index is 10.6. The Morgan fingerprint density at radius 1 is 1.35 bits per heavy atom. The molecule has 0 aliphatic carbocycles. The van der Waals surface area contributed by atoms with E-state index in [0.717, 1.165) is 18.7 Å². The molecule has 2 heterocycles. The second-order valence-electron chi connectivity index (χ2n) is 4.50. The van der Waals surface area contributed by atoms with Gasteiger partial charge < -0.3 is 5.11 Å². The molecule has 104 valence electrons. The molecule has 0 saturated heterocycles. The summed E-state index contributed by atoms with van der Waals surface area (Å²) in [7, 11) is 2.05. The van der Waals surface area contributed by atoms with Gasteiger partial charge >= 0.3 is 5.97 Å². The Labute approximate surface area is 122 Å². The normalized spacial score (nSPS) is 11.3. The molecule has 0 aliphatic rings. The third-order valence-electron chi connectivity index (χ3n) is 2.80. The van der Waals surface area contributed by atoms with Crippen molar-refractivity contribution >= 4 is 23.4 Å². The van der Waals surface area contributed by atoms with Crippen molar-refractivity contribution in [3.8, 4) is 0 Å². The molecule has 0 saturated carbocycles. The van der Waals surface area contributed by atoms with E-state index in [1.54, 1.807) is 29.8 Å². The molecule has 0 spiro atoms. The van der Waals surface area contributed by atoms with Gasteiger partial charge in [0.1, 0.15) is 0 Å². The van der Waals surface area contributed by atoms with Gasteiger partial charge in [-0.3, -0.25) is 9.88 Å². The summed E-state index contributed by atoms with van der Waals surface area (Å²) in [4.78, 5) is 17.9. The average molecular weight is 288 g/mol. The van der Waals surface area contributed by atoms with Gasteiger partial charge in [0.2, 0.25) is 0 Å². The largest absolute Gasteiger partial charge is 0.478 e. The zero-order chi connectivity index (χ0) is 14.4. The molecule has 0 amide bonds. The van der Waals surface area contributed by atoms with Crippen LogP contribution in [0.3, 0.4) is 0 Å². The minimum atomic E-state index is -0.924. The first-order valence-corrected chi connectivity index (χ1v) is 7.08. The fraction of sp³-hybridized carbons (Fsp3) is 0.200. The van der Waals surface area contributed by atoms with Crippen LogP contribution in [0.25, 0.3) is 6.08 Å². The molecule has 2 aromatic rings. The van der Waals surface area contributed by atoms with Crippen LogP contribution in [-0.2, 0) is 17.9 Å². The third-order valence-corrected chi connectivity index (χ3v) is 3.72. The number of hydrogen-bond donors (Lipinski definition) is 1. The predicted molar refractivity (Wildman–Crippen MR) is 80.4 cm³/mol. The van der Waals surface area contributed by atoms with Crippen LogP contribution in [0.1, 0.15) is 16.0 Å². The Kier molecular flexibility index (Phi) is 5.03. The highest BCUT2D eigenvalue weighted by molar-refractivity contribution is 7.10. The molecular weight excluding hydrogens is 272 g/mol. The second kappa shape index (κ2) is 6.98. The van der Waals surface area contributed by atoms with Crippen LogP contribution in [0, 0.1) is 0 Å². The lowest BCUT2D eigenvalue weighted by molar-refractivity contribution is -0.131. The first-order valence-electron chi connectivity index (χ1n) is 6.20. The minimum absolute atomic E-state index is 0.791. The number of pyridine rings is 1. The third kappa shape index (κ3) is 4.29. The predicted octanol–water partition coefficient (Wildman–Crippen LogP) is 2.87. The lowest BCUT2D eigenvalue weighted by Crippen LogP contribution is -2.16. The molecule has 2 aromatic heterocycles. The van der Waals surface area contributed by atoms with Crippen molar-refractivity contribution in [2.24, 2.45) is 0 Å². The number of thiophene rings is 1. The summed E-state index contributed by atoms with van der Waals surface area (Å²) in [5.41, 5.74) is 2.18. The number of aromatic nitrogens is 1. The van der Waals surface area contributed by atoms with Crippen LogP contribution in [0.5, 0.6) is 0 Å². The lowest BCUT2D eigenvalue weighted by atomic mass is 10.2. The highest BCUT2D eigenvalue weighted by Gasteiger charge is 2.06.